The standard InChI is InChI=1S/C15H26N4/c1-4-16-13-10-14(19-15(18-13)11(2)3)17-12-8-6-5-7-9-12/h10-12H,4-9H2,1-3H3,(H2,16,17,18,19). The molecule has 0 spiro atoms. The molecule has 4 heteroatoms. The van der Waals surface area contributed by atoms with Gasteiger partial charge in [0.1, 0.15) is 17.5 Å². The first kappa shape index (κ1) is 14.1. The molecule has 0 radical (unpaired) electrons. The Hall–Kier alpha value is -1.32. The third-order valence-corrected chi connectivity index (χ3v) is 3.57. The highest BCUT2D eigenvalue weighted by molar-refractivity contribution is 5.48. The minimum absolute atomic E-state index is 0.352. The molecule has 106 valence electrons. The minimum atomic E-state index is 0.352. The zero-order valence-electron chi connectivity index (χ0n) is 12.4. The van der Waals surface area contributed by atoms with Crippen LogP contribution in [0.2, 0.25) is 0 Å². The molecule has 0 aromatic carbocycles. The maximum Gasteiger partial charge on any atom is 0.135 e. The van der Waals surface area contributed by atoms with Crippen LogP contribution in [0.5, 0.6) is 0 Å². The molecule has 1 aromatic heterocycles. The lowest BCUT2D eigenvalue weighted by molar-refractivity contribution is 0.461. The summed E-state index contributed by atoms with van der Waals surface area (Å²) >= 11 is 0. The summed E-state index contributed by atoms with van der Waals surface area (Å²) in [6, 6.07) is 2.61. The molecule has 0 unspecified atom stereocenters. The molecule has 1 fully saturated rings. The summed E-state index contributed by atoms with van der Waals surface area (Å²) in [7, 11) is 0. The number of hydrogen-bond donors (Lipinski definition) is 2. The van der Waals surface area contributed by atoms with Gasteiger partial charge in [-0.25, -0.2) is 9.97 Å². The van der Waals surface area contributed by atoms with Crippen LogP contribution in [-0.2, 0) is 0 Å². The Balaban J connectivity index is 2.12. The van der Waals surface area contributed by atoms with E-state index in [9.17, 15) is 0 Å². The van der Waals surface area contributed by atoms with Crippen molar-refractivity contribution in [3.8, 4) is 0 Å². The lowest BCUT2D eigenvalue weighted by Gasteiger charge is -2.24. The third-order valence-electron chi connectivity index (χ3n) is 3.57. The monoisotopic (exact) mass is 262 g/mol. The summed E-state index contributed by atoms with van der Waals surface area (Å²) in [5.74, 6) is 3.17. The van der Waals surface area contributed by atoms with E-state index in [2.05, 4.69) is 41.4 Å². The van der Waals surface area contributed by atoms with E-state index in [0.717, 1.165) is 24.0 Å². The SMILES string of the molecule is CCNc1cc(NC2CCCCC2)nc(C(C)C)n1. The highest BCUT2D eigenvalue weighted by Crippen LogP contribution is 2.23. The van der Waals surface area contributed by atoms with E-state index in [-0.39, 0.29) is 0 Å². The molecule has 1 aliphatic rings. The average Bonchev–Trinajstić information content (AvgIpc) is 2.40. The number of nitrogens with one attached hydrogen (secondary N) is 2. The van der Waals surface area contributed by atoms with Gasteiger partial charge in [0.15, 0.2) is 0 Å². The van der Waals surface area contributed by atoms with Crippen molar-refractivity contribution in [2.24, 2.45) is 0 Å². The Bertz CT molecular complexity index is 397. The van der Waals surface area contributed by atoms with Gasteiger partial charge in [0.05, 0.1) is 0 Å². The normalized spacial score (nSPS) is 16.6. The lowest BCUT2D eigenvalue weighted by atomic mass is 9.95. The van der Waals surface area contributed by atoms with Crippen LogP contribution in [0.1, 0.15) is 64.6 Å². The highest BCUT2D eigenvalue weighted by Gasteiger charge is 2.15. The maximum atomic E-state index is 4.65. The second kappa shape index (κ2) is 6.73. The van der Waals surface area contributed by atoms with Gasteiger partial charge in [-0.2, -0.15) is 0 Å². The third kappa shape index (κ3) is 4.08. The molecule has 1 saturated carbocycles. The van der Waals surface area contributed by atoms with Crippen LogP contribution in [0, 0.1) is 0 Å². The summed E-state index contributed by atoms with van der Waals surface area (Å²) in [4.78, 5) is 9.20. The highest BCUT2D eigenvalue weighted by atomic mass is 15.1. The number of anilines is 2. The van der Waals surface area contributed by atoms with Crippen LogP contribution < -0.4 is 10.6 Å². The lowest BCUT2D eigenvalue weighted by Crippen LogP contribution is -2.23. The smallest absolute Gasteiger partial charge is 0.135 e. The van der Waals surface area contributed by atoms with E-state index in [1.165, 1.54) is 32.1 Å². The van der Waals surface area contributed by atoms with Crippen molar-refractivity contribution in [2.45, 2.75) is 64.8 Å². The van der Waals surface area contributed by atoms with Crippen molar-refractivity contribution in [3.63, 3.8) is 0 Å². The molecule has 1 heterocycles. The summed E-state index contributed by atoms with van der Waals surface area (Å²) in [5.41, 5.74) is 0. The van der Waals surface area contributed by atoms with Crippen molar-refractivity contribution >= 4 is 11.6 Å². The van der Waals surface area contributed by atoms with Gasteiger partial charge >= 0.3 is 0 Å². The molecule has 2 rings (SSSR count). The Kier molecular flexibility index (Phi) is 5.00. The molecule has 0 atom stereocenters. The predicted molar refractivity (Wildman–Crippen MR) is 80.8 cm³/mol. The number of nitrogens with zero attached hydrogens (tertiary/aromatic N) is 2. The summed E-state index contributed by atoms with van der Waals surface area (Å²) in [5, 5.41) is 6.87. The molecular formula is C15H26N4. The van der Waals surface area contributed by atoms with Crippen LogP contribution in [0.15, 0.2) is 6.07 Å². The van der Waals surface area contributed by atoms with Gasteiger partial charge < -0.3 is 10.6 Å². The Labute approximate surface area is 116 Å². The molecule has 1 aliphatic carbocycles. The fourth-order valence-corrected chi connectivity index (χ4v) is 2.53. The fraction of sp³-hybridized carbons (Fsp3) is 0.733. The largest absolute Gasteiger partial charge is 0.370 e. The van der Waals surface area contributed by atoms with Crippen LogP contribution in [-0.4, -0.2) is 22.6 Å². The number of rotatable bonds is 5. The van der Waals surface area contributed by atoms with Gasteiger partial charge in [-0.3, -0.25) is 0 Å². The van der Waals surface area contributed by atoms with E-state index in [1.54, 1.807) is 0 Å². The van der Waals surface area contributed by atoms with Gasteiger partial charge in [-0.05, 0) is 19.8 Å². The molecule has 19 heavy (non-hydrogen) atoms. The van der Waals surface area contributed by atoms with E-state index < -0.39 is 0 Å². The molecule has 0 amide bonds. The van der Waals surface area contributed by atoms with E-state index in [1.807, 2.05) is 6.07 Å². The van der Waals surface area contributed by atoms with E-state index in [4.69, 9.17) is 0 Å². The Morgan fingerprint density at radius 1 is 1.16 bits per heavy atom. The molecule has 4 nitrogen and oxygen atoms in total. The number of aromatic nitrogens is 2. The zero-order chi connectivity index (χ0) is 13.7. The van der Waals surface area contributed by atoms with Gasteiger partial charge in [-0.15, -0.1) is 0 Å². The van der Waals surface area contributed by atoms with Crippen molar-refractivity contribution in [1.29, 1.82) is 0 Å². The van der Waals surface area contributed by atoms with Gasteiger partial charge in [0.25, 0.3) is 0 Å². The Morgan fingerprint density at radius 3 is 2.47 bits per heavy atom. The van der Waals surface area contributed by atoms with Crippen molar-refractivity contribution in [2.75, 3.05) is 17.2 Å². The van der Waals surface area contributed by atoms with Gasteiger partial charge in [0.2, 0.25) is 0 Å². The molecule has 0 aliphatic heterocycles. The van der Waals surface area contributed by atoms with Crippen LogP contribution >= 0.6 is 0 Å². The molecule has 0 saturated heterocycles. The summed E-state index contributed by atoms with van der Waals surface area (Å²) < 4.78 is 0. The van der Waals surface area contributed by atoms with Gasteiger partial charge in [0, 0.05) is 24.6 Å². The molecule has 2 N–H and O–H groups in total. The van der Waals surface area contributed by atoms with Crippen molar-refractivity contribution in [3.05, 3.63) is 11.9 Å². The average molecular weight is 262 g/mol. The topological polar surface area (TPSA) is 49.8 Å². The second-order valence-corrected chi connectivity index (χ2v) is 5.66. The van der Waals surface area contributed by atoms with E-state index >= 15 is 0 Å². The number of hydrogen-bond acceptors (Lipinski definition) is 4. The van der Waals surface area contributed by atoms with Crippen molar-refractivity contribution < 1.29 is 0 Å². The second-order valence-electron chi connectivity index (χ2n) is 5.66. The van der Waals surface area contributed by atoms with Crippen LogP contribution in [0.3, 0.4) is 0 Å². The molecule has 1 aromatic rings. The summed E-state index contributed by atoms with van der Waals surface area (Å²) in [6.45, 7) is 7.24. The maximum absolute atomic E-state index is 4.65. The predicted octanol–water partition coefficient (Wildman–Crippen LogP) is 3.78. The van der Waals surface area contributed by atoms with Crippen molar-refractivity contribution in [1.82, 2.24) is 9.97 Å². The van der Waals surface area contributed by atoms with E-state index in [0.29, 0.717) is 12.0 Å². The quantitative estimate of drug-likeness (QED) is 0.848. The zero-order valence-corrected chi connectivity index (χ0v) is 12.4. The first-order valence-electron chi connectivity index (χ1n) is 7.58. The van der Waals surface area contributed by atoms with Gasteiger partial charge in [-0.1, -0.05) is 33.1 Å². The first-order chi connectivity index (χ1) is 9.19. The fourth-order valence-electron chi connectivity index (χ4n) is 2.53. The first-order valence-corrected chi connectivity index (χ1v) is 7.58. The Morgan fingerprint density at radius 2 is 1.84 bits per heavy atom. The van der Waals surface area contributed by atoms with Crippen LogP contribution in [0.4, 0.5) is 11.6 Å². The molecule has 0 bridgehead atoms. The molecular weight excluding hydrogens is 236 g/mol. The minimum Gasteiger partial charge on any atom is -0.370 e. The van der Waals surface area contributed by atoms with Crippen LogP contribution in [0.25, 0.3) is 0 Å². The summed E-state index contributed by atoms with van der Waals surface area (Å²) in [6.07, 6.45) is 6.57.